The number of benzene rings is 1. The second kappa shape index (κ2) is 8.56. The fraction of sp³-hybridized carbons (Fsp3) is 0.389. The minimum Gasteiger partial charge on any atom is -0.490 e. The highest BCUT2D eigenvalue weighted by molar-refractivity contribution is 6.37. The molecule has 0 saturated heterocycles. The van der Waals surface area contributed by atoms with E-state index < -0.39 is 0 Å². The molecule has 3 aromatic rings. The average molecular weight is 396 g/mol. The lowest BCUT2D eigenvalue weighted by atomic mass is 10.1. The van der Waals surface area contributed by atoms with Crippen LogP contribution in [0.15, 0.2) is 27.2 Å². The average Bonchev–Trinajstić information content (AvgIpc) is 3.21. The van der Waals surface area contributed by atoms with Gasteiger partial charge < -0.3 is 13.8 Å². The third-order valence-corrected chi connectivity index (χ3v) is 4.34. The van der Waals surface area contributed by atoms with E-state index in [4.69, 9.17) is 37.0 Å². The molecule has 1 aromatic carbocycles. The third kappa shape index (κ3) is 4.77. The summed E-state index contributed by atoms with van der Waals surface area (Å²) in [6, 6.07) is 5.40. The molecular weight excluding hydrogens is 377 g/mol. The van der Waals surface area contributed by atoms with Gasteiger partial charge in [0.1, 0.15) is 5.76 Å². The van der Waals surface area contributed by atoms with Gasteiger partial charge in [-0.25, -0.2) is 0 Å². The number of nitrogens with zero attached hydrogens (tertiary/aromatic N) is 3. The molecule has 138 valence electrons. The van der Waals surface area contributed by atoms with Gasteiger partial charge in [-0.05, 0) is 38.3 Å². The number of hydrogen-bond acceptors (Lipinski definition) is 6. The Balaban J connectivity index is 1.48. The van der Waals surface area contributed by atoms with E-state index in [1.165, 1.54) is 0 Å². The van der Waals surface area contributed by atoms with Crippen LogP contribution in [0.25, 0.3) is 11.4 Å². The molecule has 0 aliphatic carbocycles. The lowest BCUT2D eigenvalue weighted by Crippen LogP contribution is -1.99. The molecule has 2 heterocycles. The van der Waals surface area contributed by atoms with Crippen LogP contribution >= 0.6 is 23.2 Å². The predicted octanol–water partition coefficient (Wildman–Crippen LogP) is 5.44. The van der Waals surface area contributed by atoms with E-state index in [9.17, 15) is 0 Å². The first-order chi connectivity index (χ1) is 12.5. The largest absolute Gasteiger partial charge is 0.490 e. The van der Waals surface area contributed by atoms with Crippen LogP contribution in [-0.4, -0.2) is 21.9 Å². The van der Waals surface area contributed by atoms with E-state index in [1.807, 2.05) is 13.0 Å². The fourth-order valence-corrected chi connectivity index (χ4v) is 3.13. The molecule has 0 N–H and O–H groups in total. The van der Waals surface area contributed by atoms with Crippen molar-refractivity contribution >= 4 is 23.2 Å². The summed E-state index contributed by atoms with van der Waals surface area (Å²) in [4.78, 5) is 4.17. The van der Waals surface area contributed by atoms with Crippen LogP contribution in [-0.2, 0) is 6.42 Å². The summed E-state index contributed by atoms with van der Waals surface area (Å²) in [5.74, 6) is 2.32. The molecule has 0 fully saturated rings. The van der Waals surface area contributed by atoms with E-state index in [0.29, 0.717) is 39.7 Å². The van der Waals surface area contributed by atoms with Crippen molar-refractivity contribution in [2.45, 2.75) is 39.5 Å². The van der Waals surface area contributed by atoms with Gasteiger partial charge in [-0.3, -0.25) is 0 Å². The minimum absolute atomic E-state index is 0.423. The van der Waals surface area contributed by atoms with Gasteiger partial charge >= 0.3 is 0 Å². The van der Waals surface area contributed by atoms with Gasteiger partial charge in [-0.1, -0.05) is 33.5 Å². The second-order valence-corrected chi connectivity index (χ2v) is 6.81. The van der Waals surface area contributed by atoms with Gasteiger partial charge in [0, 0.05) is 25.0 Å². The molecule has 6 nitrogen and oxygen atoms in total. The molecule has 3 rings (SSSR count). The molecule has 0 spiro atoms. The number of unbranched alkanes of at least 4 members (excludes halogenated alkanes) is 2. The Labute approximate surface area is 161 Å². The molecule has 0 radical (unpaired) electrons. The van der Waals surface area contributed by atoms with Crippen molar-refractivity contribution in [3.63, 3.8) is 0 Å². The standard InChI is InChI=1S/C18H19Cl2N3O3/c1-11-8-14(26-22-11)6-4-3-5-7-24-17-15(19)9-13(10-16(17)20)18-21-12(2)25-23-18/h8-10H,3-7H2,1-2H3. The zero-order chi connectivity index (χ0) is 18.5. The normalized spacial score (nSPS) is 11.1. The second-order valence-electron chi connectivity index (χ2n) is 6.00. The van der Waals surface area contributed by atoms with Gasteiger partial charge in [0.25, 0.3) is 0 Å². The zero-order valence-electron chi connectivity index (χ0n) is 14.6. The molecular formula is C18H19Cl2N3O3. The summed E-state index contributed by atoms with van der Waals surface area (Å²) in [5.41, 5.74) is 1.60. The van der Waals surface area contributed by atoms with E-state index in [0.717, 1.165) is 37.1 Å². The van der Waals surface area contributed by atoms with Crippen molar-refractivity contribution in [3.05, 3.63) is 45.6 Å². The Morgan fingerprint density at radius 1 is 0.962 bits per heavy atom. The van der Waals surface area contributed by atoms with Crippen molar-refractivity contribution in [1.82, 2.24) is 15.3 Å². The first kappa shape index (κ1) is 18.7. The number of rotatable bonds is 8. The van der Waals surface area contributed by atoms with Crippen molar-refractivity contribution in [2.75, 3.05) is 6.61 Å². The number of halogens is 2. The van der Waals surface area contributed by atoms with Crippen LogP contribution in [0, 0.1) is 13.8 Å². The van der Waals surface area contributed by atoms with Crippen LogP contribution in [0.1, 0.15) is 36.6 Å². The van der Waals surface area contributed by atoms with Crippen LogP contribution in [0.5, 0.6) is 5.75 Å². The Morgan fingerprint density at radius 3 is 2.35 bits per heavy atom. The maximum absolute atomic E-state index is 6.30. The summed E-state index contributed by atoms with van der Waals surface area (Å²) < 4.78 is 15.9. The summed E-state index contributed by atoms with van der Waals surface area (Å²) >= 11 is 12.6. The van der Waals surface area contributed by atoms with Crippen LogP contribution in [0.2, 0.25) is 10.0 Å². The highest BCUT2D eigenvalue weighted by atomic mass is 35.5. The molecule has 0 atom stereocenters. The van der Waals surface area contributed by atoms with Crippen molar-refractivity contribution < 1.29 is 13.8 Å². The van der Waals surface area contributed by atoms with Crippen LogP contribution in [0.3, 0.4) is 0 Å². The van der Waals surface area contributed by atoms with Gasteiger partial charge in [-0.15, -0.1) is 0 Å². The monoisotopic (exact) mass is 395 g/mol. The molecule has 0 aliphatic heterocycles. The lowest BCUT2D eigenvalue weighted by molar-refractivity contribution is 0.303. The molecule has 0 amide bonds. The summed E-state index contributed by atoms with van der Waals surface area (Å²) in [7, 11) is 0. The molecule has 8 heteroatoms. The minimum atomic E-state index is 0.423. The maximum Gasteiger partial charge on any atom is 0.223 e. The Kier molecular flexibility index (Phi) is 6.16. The Morgan fingerprint density at radius 2 is 1.73 bits per heavy atom. The SMILES string of the molecule is Cc1cc(CCCCCOc2c(Cl)cc(-c3noc(C)n3)cc2Cl)on1. The maximum atomic E-state index is 6.30. The quantitative estimate of drug-likeness (QED) is 0.472. The molecule has 26 heavy (non-hydrogen) atoms. The fourth-order valence-electron chi connectivity index (χ4n) is 2.53. The summed E-state index contributed by atoms with van der Waals surface area (Å²) in [6.45, 7) is 4.18. The van der Waals surface area contributed by atoms with Crippen molar-refractivity contribution in [1.29, 1.82) is 0 Å². The van der Waals surface area contributed by atoms with Gasteiger partial charge in [0.15, 0.2) is 5.75 Å². The van der Waals surface area contributed by atoms with Gasteiger partial charge in [-0.2, -0.15) is 4.98 Å². The van der Waals surface area contributed by atoms with Crippen molar-refractivity contribution in [3.8, 4) is 17.1 Å². The number of aryl methyl sites for hydroxylation is 3. The van der Waals surface area contributed by atoms with E-state index in [1.54, 1.807) is 19.1 Å². The molecule has 2 aromatic heterocycles. The van der Waals surface area contributed by atoms with Gasteiger partial charge in [0.05, 0.1) is 22.3 Å². The lowest BCUT2D eigenvalue weighted by Gasteiger charge is -2.11. The van der Waals surface area contributed by atoms with Crippen LogP contribution < -0.4 is 4.74 Å². The predicted molar refractivity (Wildman–Crippen MR) is 98.8 cm³/mol. The number of aromatic nitrogens is 3. The van der Waals surface area contributed by atoms with Gasteiger partial charge in [0.2, 0.25) is 11.7 Å². The molecule has 0 aliphatic rings. The molecule has 0 bridgehead atoms. The zero-order valence-corrected chi connectivity index (χ0v) is 16.1. The molecule has 0 saturated carbocycles. The highest BCUT2D eigenvalue weighted by Gasteiger charge is 2.14. The van der Waals surface area contributed by atoms with E-state index >= 15 is 0 Å². The first-order valence-corrected chi connectivity index (χ1v) is 9.13. The third-order valence-electron chi connectivity index (χ3n) is 3.77. The Bertz CT molecular complexity index is 853. The Hall–Kier alpha value is -2.05. The smallest absolute Gasteiger partial charge is 0.223 e. The van der Waals surface area contributed by atoms with Crippen molar-refractivity contribution in [2.24, 2.45) is 0 Å². The van der Waals surface area contributed by atoms with E-state index in [-0.39, 0.29) is 0 Å². The molecule has 0 unspecified atom stereocenters. The summed E-state index contributed by atoms with van der Waals surface area (Å²) in [6.07, 6.45) is 3.79. The topological polar surface area (TPSA) is 74.2 Å². The number of ether oxygens (including phenoxy) is 1. The van der Waals surface area contributed by atoms with Crippen LogP contribution in [0.4, 0.5) is 0 Å². The number of hydrogen-bond donors (Lipinski definition) is 0. The summed E-state index contributed by atoms with van der Waals surface area (Å²) in [5, 5.41) is 8.59. The first-order valence-electron chi connectivity index (χ1n) is 8.37. The highest BCUT2D eigenvalue weighted by Crippen LogP contribution is 2.37. The van der Waals surface area contributed by atoms with E-state index in [2.05, 4.69) is 15.3 Å².